The van der Waals surface area contributed by atoms with Gasteiger partial charge >= 0.3 is 0 Å². The van der Waals surface area contributed by atoms with E-state index in [-0.39, 0.29) is 6.42 Å². The Morgan fingerprint density at radius 1 is 1.10 bits per heavy atom. The molecule has 0 amide bonds. The first-order valence-electron chi connectivity index (χ1n) is 9.76. The highest BCUT2D eigenvalue weighted by molar-refractivity contribution is 6.35. The number of rotatable bonds is 5. The van der Waals surface area contributed by atoms with Crippen molar-refractivity contribution in [1.82, 2.24) is 4.57 Å². The van der Waals surface area contributed by atoms with Gasteiger partial charge in [-0.1, -0.05) is 23.7 Å². The van der Waals surface area contributed by atoms with Crippen LogP contribution in [0.25, 0.3) is 10.9 Å². The lowest BCUT2D eigenvalue weighted by Gasteiger charge is -2.40. The number of fused-ring (bicyclic) bond motifs is 1. The van der Waals surface area contributed by atoms with Gasteiger partial charge in [-0.2, -0.15) is 0 Å². The van der Waals surface area contributed by atoms with E-state index in [0.717, 1.165) is 0 Å². The van der Waals surface area contributed by atoms with Gasteiger partial charge in [0, 0.05) is 24.1 Å². The fraction of sp³-hybridized carbons (Fsp3) is 0.364. The maximum absolute atomic E-state index is 14.6. The van der Waals surface area contributed by atoms with Crippen molar-refractivity contribution in [2.24, 2.45) is 0 Å². The van der Waals surface area contributed by atoms with Crippen molar-refractivity contribution in [2.75, 3.05) is 13.7 Å². The smallest absolute Gasteiger partial charge is 0.163 e. The van der Waals surface area contributed by atoms with Crippen LogP contribution in [-0.2, 0) is 11.2 Å². The van der Waals surface area contributed by atoms with Crippen molar-refractivity contribution >= 4 is 22.5 Å². The SMILES string of the molecule is COc1ccc(Cc2cn([C@@H]3O[C@H](CO)[C@@H](O)[C@H](O)[C@H]3O)c3cccc(Cl)c23)c(F)c1. The van der Waals surface area contributed by atoms with E-state index in [1.165, 1.54) is 13.2 Å². The Balaban J connectivity index is 1.79. The molecule has 166 valence electrons. The average Bonchev–Trinajstić information content (AvgIpc) is 3.13. The molecule has 1 aliphatic heterocycles. The zero-order chi connectivity index (χ0) is 22.3. The van der Waals surface area contributed by atoms with Gasteiger partial charge in [0.15, 0.2) is 6.23 Å². The van der Waals surface area contributed by atoms with Gasteiger partial charge in [0.25, 0.3) is 0 Å². The van der Waals surface area contributed by atoms with Crippen LogP contribution in [0.3, 0.4) is 0 Å². The number of hydrogen-bond donors (Lipinski definition) is 4. The van der Waals surface area contributed by atoms with Crippen molar-refractivity contribution in [2.45, 2.75) is 37.1 Å². The minimum atomic E-state index is -1.52. The van der Waals surface area contributed by atoms with Crippen molar-refractivity contribution in [3.63, 3.8) is 0 Å². The third kappa shape index (κ3) is 3.91. The molecule has 2 heterocycles. The number of aliphatic hydroxyl groups excluding tert-OH is 4. The number of halogens is 2. The highest BCUT2D eigenvalue weighted by atomic mass is 35.5. The Hall–Kier alpha value is -2.20. The van der Waals surface area contributed by atoms with Crippen molar-refractivity contribution in [3.05, 3.63) is 64.6 Å². The summed E-state index contributed by atoms with van der Waals surface area (Å²) in [7, 11) is 1.46. The van der Waals surface area contributed by atoms with Gasteiger partial charge in [0.2, 0.25) is 0 Å². The maximum atomic E-state index is 14.6. The maximum Gasteiger partial charge on any atom is 0.163 e. The third-order valence-corrected chi connectivity index (χ3v) is 5.98. The summed E-state index contributed by atoms with van der Waals surface area (Å²) in [5, 5.41) is 41.4. The van der Waals surface area contributed by atoms with Gasteiger partial charge in [0.05, 0.1) is 24.3 Å². The molecule has 0 aliphatic carbocycles. The molecule has 1 aliphatic rings. The molecule has 1 saturated heterocycles. The van der Waals surface area contributed by atoms with Crippen LogP contribution in [0.4, 0.5) is 4.39 Å². The van der Waals surface area contributed by atoms with E-state index in [0.29, 0.717) is 32.8 Å². The lowest BCUT2D eigenvalue weighted by atomic mass is 9.98. The molecule has 4 N–H and O–H groups in total. The number of hydrogen-bond acceptors (Lipinski definition) is 6. The van der Waals surface area contributed by atoms with E-state index in [1.54, 1.807) is 41.1 Å². The topological polar surface area (TPSA) is 104 Å². The summed E-state index contributed by atoms with van der Waals surface area (Å²) in [5.74, 6) is -0.0248. The largest absolute Gasteiger partial charge is 0.497 e. The van der Waals surface area contributed by atoms with Crippen LogP contribution in [0, 0.1) is 5.82 Å². The van der Waals surface area contributed by atoms with Crippen LogP contribution in [0.1, 0.15) is 17.4 Å². The number of nitrogens with zero attached hydrogens (tertiary/aromatic N) is 1. The van der Waals surface area contributed by atoms with Gasteiger partial charge < -0.3 is 34.5 Å². The number of benzene rings is 2. The summed E-state index contributed by atoms with van der Waals surface area (Å²) in [5.41, 5.74) is 1.70. The fourth-order valence-electron chi connectivity index (χ4n) is 4.01. The van der Waals surface area contributed by atoms with Crippen molar-refractivity contribution in [1.29, 1.82) is 0 Å². The molecule has 3 aromatic rings. The first-order valence-corrected chi connectivity index (χ1v) is 10.1. The molecule has 1 fully saturated rings. The highest BCUT2D eigenvalue weighted by Crippen LogP contribution is 2.37. The first-order chi connectivity index (χ1) is 14.8. The van der Waals surface area contributed by atoms with Crippen LogP contribution < -0.4 is 4.74 Å². The van der Waals surface area contributed by atoms with Gasteiger partial charge in [-0.25, -0.2) is 4.39 Å². The van der Waals surface area contributed by atoms with Crippen LogP contribution in [0.2, 0.25) is 5.02 Å². The van der Waals surface area contributed by atoms with E-state index in [2.05, 4.69) is 0 Å². The third-order valence-electron chi connectivity index (χ3n) is 5.67. The average molecular weight is 452 g/mol. The lowest BCUT2D eigenvalue weighted by Crippen LogP contribution is -2.56. The molecule has 5 atom stereocenters. The van der Waals surface area contributed by atoms with Gasteiger partial charge in [-0.3, -0.25) is 0 Å². The number of ether oxygens (including phenoxy) is 2. The second-order valence-corrected chi connectivity index (χ2v) is 7.96. The molecular weight excluding hydrogens is 429 g/mol. The van der Waals surface area contributed by atoms with Crippen molar-refractivity contribution in [3.8, 4) is 5.75 Å². The molecule has 2 aromatic carbocycles. The molecule has 0 spiro atoms. The van der Waals surface area contributed by atoms with E-state index >= 15 is 0 Å². The Labute approximate surface area is 182 Å². The van der Waals surface area contributed by atoms with Crippen LogP contribution in [-0.4, -0.2) is 63.1 Å². The van der Waals surface area contributed by atoms with Crippen LogP contribution in [0.15, 0.2) is 42.6 Å². The van der Waals surface area contributed by atoms with Gasteiger partial charge in [0.1, 0.15) is 36.0 Å². The van der Waals surface area contributed by atoms with Crippen LogP contribution >= 0.6 is 11.6 Å². The van der Waals surface area contributed by atoms with E-state index < -0.39 is 43.1 Å². The molecule has 0 unspecified atom stereocenters. The van der Waals surface area contributed by atoms with Crippen molar-refractivity contribution < 1.29 is 34.3 Å². The quantitative estimate of drug-likeness (QED) is 0.473. The first kappa shape index (κ1) is 22.0. The number of aromatic nitrogens is 1. The Morgan fingerprint density at radius 3 is 2.55 bits per heavy atom. The van der Waals surface area contributed by atoms with E-state index in [4.69, 9.17) is 21.1 Å². The van der Waals surface area contributed by atoms with E-state index in [9.17, 15) is 24.8 Å². The molecule has 0 radical (unpaired) electrons. The zero-order valence-electron chi connectivity index (χ0n) is 16.7. The van der Waals surface area contributed by atoms with Gasteiger partial charge in [-0.05, 0) is 29.3 Å². The second kappa shape index (κ2) is 8.74. The fourth-order valence-corrected chi connectivity index (χ4v) is 4.30. The molecule has 0 saturated carbocycles. The molecule has 4 rings (SSSR count). The predicted octanol–water partition coefficient (Wildman–Crippen LogP) is 2.01. The number of aliphatic hydroxyl groups is 4. The minimum absolute atomic E-state index is 0.209. The number of methoxy groups -OCH3 is 1. The van der Waals surface area contributed by atoms with E-state index in [1.807, 2.05) is 0 Å². The monoisotopic (exact) mass is 451 g/mol. The summed E-state index contributed by atoms with van der Waals surface area (Å²) in [4.78, 5) is 0. The standard InChI is InChI=1S/C22H23ClFNO6/c1-30-13-6-5-11(15(24)8-13)7-12-9-25(16-4-2-3-14(23)18(12)16)22-21(29)20(28)19(27)17(10-26)31-22/h2-6,8-9,17,19-22,26-29H,7,10H2,1H3/t17-,19-,20+,21-,22-/m1/s1. The minimum Gasteiger partial charge on any atom is -0.497 e. The summed E-state index contributed by atoms with van der Waals surface area (Å²) >= 11 is 6.45. The highest BCUT2D eigenvalue weighted by Gasteiger charge is 2.44. The van der Waals surface area contributed by atoms with Crippen LogP contribution in [0.5, 0.6) is 5.75 Å². The summed E-state index contributed by atoms with van der Waals surface area (Å²) in [6.07, 6.45) is -4.70. The normalized spacial score (nSPS) is 26.4. The lowest BCUT2D eigenvalue weighted by molar-refractivity contribution is -0.250. The molecule has 0 bridgehead atoms. The molecule has 31 heavy (non-hydrogen) atoms. The summed E-state index contributed by atoms with van der Waals surface area (Å²) in [6, 6.07) is 9.78. The molecule has 9 heteroatoms. The molecular formula is C22H23ClFNO6. The summed E-state index contributed by atoms with van der Waals surface area (Å²) in [6.45, 7) is -0.536. The predicted molar refractivity (Wildman–Crippen MR) is 112 cm³/mol. The Bertz CT molecular complexity index is 1090. The van der Waals surface area contributed by atoms with Gasteiger partial charge in [-0.15, -0.1) is 0 Å². The second-order valence-electron chi connectivity index (χ2n) is 7.55. The molecule has 1 aromatic heterocycles. The summed E-state index contributed by atoms with van der Waals surface area (Å²) < 4.78 is 26.9. The Morgan fingerprint density at radius 2 is 1.87 bits per heavy atom. The Kier molecular flexibility index (Phi) is 6.20. The molecule has 7 nitrogen and oxygen atoms in total. The zero-order valence-corrected chi connectivity index (χ0v) is 17.4.